The molecule has 0 spiro atoms. The van der Waals surface area contributed by atoms with Gasteiger partial charge in [0.1, 0.15) is 0 Å². The lowest BCUT2D eigenvalue weighted by Crippen LogP contribution is -2.44. The molecule has 2 nitrogen and oxygen atoms in total. The average molecular weight is 451 g/mol. The minimum absolute atomic E-state index is 0.677. The summed E-state index contributed by atoms with van der Waals surface area (Å²) in [5.74, 6) is 0.677. The van der Waals surface area contributed by atoms with Crippen molar-refractivity contribution in [1.82, 2.24) is 4.90 Å². The van der Waals surface area contributed by atoms with Gasteiger partial charge in [-0.3, -0.25) is 0 Å². The molecule has 1 fully saturated rings. The van der Waals surface area contributed by atoms with E-state index in [1.807, 2.05) is 41.5 Å². The number of rotatable bonds is 2. The molecule has 2 heteroatoms. The molecule has 0 radical (unpaired) electrons. The molecule has 2 aliphatic rings. The van der Waals surface area contributed by atoms with Crippen molar-refractivity contribution >= 4 is 11.3 Å². The molecular formula is C31H50N2. The molecule has 1 atom stereocenters. The molecule has 184 valence electrons. The third kappa shape index (κ3) is 11.9. The first kappa shape index (κ1) is 30.7. The van der Waals surface area contributed by atoms with Gasteiger partial charge in [0.15, 0.2) is 0 Å². The molecule has 1 aliphatic carbocycles. The van der Waals surface area contributed by atoms with Crippen molar-refractivity contribution in [2.45, 2.75) is 61.8 Å². The summed E-state index contributed by atoms with van der Waals surface area (Å²) in [6.45, 7) is 21.0. The number of para-hydroxylation sites is 1. The number of hydrogen-bond donors (Lipinski definition) is 0. The third-order valence-electron chi connectivity index (χ3n) is 5.28. The van der Waals surface area contributed by atoms with Crippen LogP contribution in [0.25, 0.3) is 5.57 Å². The number of nitrogens with zero attached hydrogens (tertiary/aromatic N) is 2. The highest BCUT2D eigenvalue weighted by Gasteiger charge is 2.13. The van der Waals surface area contributed by atoms with Gasteiger partial charge in [-0.15, -0.1) is 0 Å². The zero-order chi connectivity index (χ0) is 25.1. The zero-order valence-electron chi connectivity index (χ0n) is 22.9. The summed E-state index contributed by atoms with van der Waals surface area (Å²) in [6.07, 6.45) is 8.02. The quantitative estimate of drug-likeness (QED) is 0.452. The number of hydrogen-bond acceptors (Lipinski definition) is 2. The standard InChI is InChI=1S/C14H16.C11H16N2.3C2H6/c1-11-6-8-13(9-7-11)14-5-3-4-12(2)10-14;1-12-7-9-13(10-8-12)11-5-3-2-4-6-11;3*1-2/h3,5-10,12H,4H2,1-2H3;2-6H,7-10H2,1H3;3*1-2H3. The van der Waals surface area contributed by atoms with Crippen LogP contribution in [0, 0.1) is 12.8 Å². The third-order valence-corrected chi connectivity index (χ3v) is 5.28. The first-order chi connectivity index (χ1) is 16.1. The predicted octanol–water partition coefficient (Wildman–Crippen LogP) is 8.49. The molecule has 0 amide bonds. The van der Waals surface area contributed by atoms with Crippen LogP contribution in [0.5, 0.6) is 0 Å². The van der Waals surface area contributed by atoms with Gasteiger partial charge in [-0.25, -0.2) is 0 Å². The molecule has 1 aliphatic heterocycles. The summed E-state index contributed by atoms with van der Waals surface area (Å²) in [5, 5.41) is 0. The van der Waals surface area contributed by atoms with Crippen LogP contribution in [0.1, 0.15) is 66.0 Å². The highest BCUT2D eigenvalue weighted by molar-refractivity contribution is 5.75. The summed E-state index contributed by atoms with van der Waals surface area (Å²) in [7, 11) is 2.18. The molecule has 0 aromatic heterocycles. The minimum atomic E-state index is 0.677. The first-order valence-electron chi connectivity index (χ1n) is 13.1. The van der Waals surface area contributed by atoms with Crippen molar-refractivity contribution in [2.75, 3.05) is 38.1 Å². The second-order valence-electron chi connectivity index (χ2n) is 7.73. The molecule has 0 N–H and O–H groups in total. The lowest BCUT2D eigenvalue weighted by atomic mass is 9.93. The van der Waals surface area contributed by atoms with E-state index in [0.29, 0.717) is 5.92 Å². The van der Waals surface area contributed by atoms with Crippen molar-refractivity contribution in [3.8, 4) is 0 Å². The second-order valence-corrected chi connectivity index (χ2v) is 7.73. The molecule has 4 rings (SSSR count). The van der Waals surface area contributed by atoms with Crippen LogP contribution < -0.4 is 4.90 Å². The number of allylic oxidation sites excluding steroid dienone is 4. The summed E-state index contributed by atoms with van der Waals surface area (Å²) < 4.78 is 0. The van der Waals surface area contributed by atoms with E-state index >= 15 is 0 Å². The van der Waals surface area contributed by atoms with Gasteiger partial charge >= 0.3 is 0 Å². The van der Waals surface area contributed by atoms with Crippen molar-refractivity contribution < 1.29 is 0 Å². The van der Waals surface area contributed by atoms with Gasteiger partial charge in [-0.1, -0.05) is 115 Å². The zero-order valence-corrected chi connectivity index (χ0v) is 22.9. The fourth-order valence-corrected chi connectivity index (χ4v) is 3.48. The Morgan fingerprint density at radius 3 is 1.79 bits per heavy atom. The topological polar surface area (TPSA) is 6.48 Å². The Balaban J connectivity index is 0.000000508. The molecule has 0 bridgehead atoms. The SMILES string of the molecule is CC.CC.CC.CN1CCN(c2ccccc2)CC1.Cc1ccc(C2=CC(C)CC=C2)cc1. The Morgan fingerprint density at radius 2 is 1.27 bits per heavy atom. The van der Waals surface area contributed by atoms with Crippen LogP contribution in [-0.2, 0) is 0 Å². The maximum atomic E-state index is 2.44. The number of benzene rings is 2. The average Bonchev–Trinajstić information content (AvgIpc) is 2.89. The fraction of sp³-hybridized carbons (Fsp3) is 0.484. The van der Waals surface area contributed by atoms with Gasteiger partial charge in [-0.2, -0.15) is 0 Å². The lowest BCUT2D eigenvalue weighted by molar-refractivity contribution is 0.313. The molecule has 2 aromatic rings. The molecular weight excluding hydrogens is 400 g/mol. The summed E-state index contributed by atoms with van der Waals surface area (Å²) in [6, 6.07) is 19.4. The highest BCUT2D eigenvalue weighted by atomic mass is 15.2. The van der Waals surface area contributed by atoms with Crippen LogP contribution >= 0.6 is 0 Å². The van der Waals surface area contributed by atoms with E-state index in [1.54, 1.807) is 0 Å². The van der Waals surface area contributed by atoms with E-state index in [9.17, 15) is 0 Å². The van der Waals surface area contributed by atoms with Crippen LogP contribution in [0.15, 0.2) is 72.8 Å². The fourth-order valence-electron chi connectivity index (χ4n) is 3.48. The van der Waals surface area contributed by atoms with Gasteiger partial charge in [0.05, 0.1) is 0 Å². The lowest BCUT2D eigenvalue weighted by Gasteiger charge is -2.33. The van der Waals surface area contributed by atoms with E-state index in [0.717, 1.165) is 13.1 Å². The number of likely N-dealkylation sites (N-methyl/N-ethyl adjacent to an activating group) is 1. The van der Waals surface area contributed by atoms with Gasteiger partial charge < -0.3 is 9.80 Å². The monoisotopic (exact) mass is 450 g/mol. The molecule has 2 aromatic carbocycles. The Labute approximate surface area is 206 Å². The Bertz CT molecular complexity index is 751. The second kappa shape index (κ2) is 19.2. The molecule has 1 heterocycles. The molecule has 1 saturated heterocycles. The number of anilines is 1. The summed E-state index contributed by atoms with van der Waals surface area (Å²) >= 11 is 0. The number of aryl methyl sites for hydroxylation is 1. The van der Waals surface area contributed by atoms with Crippen molar-refractivity contribution in [2.24, 2.45) is 5.92 Å². The Morgan fingerprint density at radius 1 is 0.727 bits per heavy atom. The predicted molar refractivity (Wildman–Crippen MR) is 152 cm³/mol. The maximum absolute atomic E-state index is 2.44. The smallest absolute Gasteiger partial charge is 0.0367 e. The molecule has 33 heavy (non-hydrogen) atoms. The van der Waals surface area contributed by atoms with E-state index in [4.69, 9.17) is 0 Å². The maximum Gasteiger partial charge on any atom is 0.0367 e. The van der Waals surface area contributed by atoms with Gasteiger partial charge in [0.25, 0.3) is 0 Å². The van der Waals surface area contributed by atoms with Crippen LogP contribution in [0.4, 0.5) is 5.69 Å². The van der Waals surface area contributed by atoms with Crippen LogP contribution in [0.2, 0.25) is 0 Å². The number of piperazine rings is 1. The molecule has 1 unspecified atom stereocenters. The first-order valence-corrected chi connectivity index (χ1v) is 13.1. The Hall–Kier alpha value is -2.32. The Kier molecular flexibility index (Phi) is 17.8. The van der Waals surface area contributed by atoms with E-state index in [2.05, 4.69) is 104 Å². The van der Waals surface area contributed by atoms with Crippen LogP contribution in [0.3, 0.4) is 0 Å². The van der Waals surface area contributed by atoms with Gasteiger partial charge in [0.2, 0.25) is 0 Å². The normalized spacial score (nSPS) is 16.8. The van der Waals surface area contributed by atoms with Crippen molar-refractivity contribution in [3.63, 3.8) is 0 Å². The summed E-state index contributed by atoms with van der Waals surface area (Å²) in [4.78, 5) is 4.82. The summed E-state index contributed by atoms with van der Waals surface area (Å²) in [5.41, 5.74) is 5.37. The van der Waals surface area contributed by atoms with E-state index < -0.39 is 0 Å². The highest BCUT2D eigenvalue weighted by Crippen LogP contribution is 2.24. The van der Waals surface area contributed by atoms with Crippen LogP contribution in [-0.4, -0.2) is 38.1 Å². The van der Waals surface area contributed by atoms with E-state index in [-0.39, 0.29) is 0 Å². The minimum Gasteiger partial charge on any atom is -0.369 e. The van der Waals surface area contributed by atoms with E-state index in [1.165, 1.54) is 41.9 Å². The van der Waals surface area contributed by atoms with Gasteiger partial charge in [-0.05, 0) is 49.6 Å². The largest absolute Gasteiger partial charge is 0.369 e. The molecule has 0 saturated carbocycles. The van der Waals surface area contributed by atoms with Crippen molar-refractivity contribution in [1.29, 1.82) is 0 Å². The van der Waals surface area contributed by atoms with Gasteiger partial charge in [0, 0.05) is 31.9 Å². The van der Waals surface area contributed by atoms with Crippen molar-refractivity contribution in [3.05, 3.63) is 84.0 Å².